The zero-order valence-corrected chi connectivity index (χ0v) is 12.8. The second-order valence-electron chi connectivity index (χ2n) is 4.57. The van der Waals surface area contributed by atoms with Gasteiger partial charge in [0.15, 0.2) is 15.0 Å². The van der Waals surface area contributed by atoms with E-state index in [1.165, 1.54) is 11.8 Å². The van der Waals surface area contributed by atoms with E-state index in [-0.39, 0.29) is 22.8 Å². The molecule has 4 nitrogen and oxygen atoms in total. The summed E-state index contributed by atoms with van der Waals surface area (Å²) < 4.78 is 23.4. The fourth-order valence-corrected chi connectivity index (χ4v) is 6.75. The Morgan fingerprint density at radius 1 is 1.32 bits per heavy atom. The van der Waals surface area contributed by atoms with Crippen LogP contribution in [0.5, 0.6) is 0 Å². The van der Waals surface area contributed by atoms with Crippen molar-refractivity contribution in [2.24, 2.45) is 0 Å². The first-order valence-electron chi connectivity index (χ1n) is 5.57. The molecule has 102 valence electrons. The van der Waals surface area contributed by atoms with Gasteiger partial charge in [0, 0.05) is 10.3 Å². The molecule has 0 aliphatic carbocycles. The Balaban J connectivity index is 2.02. The molecule has 0 unspecified atom stereocenters. The Kier molecular flexibility index (Phi) is 3.24. The van der Waals surface area contributed by atoms with Crippen LogP contribution < -0.4 is 4.90 Å². The fraction of sp³-hybridized carbons (Fsp3) is 0.364. The number of nitrogens with zero attached hydrogens (tertiary/aromatic N) is 1. The lowest BCUT2D eigenvalue weighted by Crippen LogP contribution is -2.37. The van der Waals surface area contributed by atoms with E-state index in [2.05, 4.69) is 0 Å². The highest BCUT2D eigenvalue weighted by atomic mass is 35.5. The van der Waals surface area contributed by atoms with Crippen molar-refractivity contribution in [3.63, 3.8) is 0 Å². The lowest BCUT2D eigenvalue weighted by Gasteiger charge is -2.24. The Morgan fingerprint density at radius 3 is 2.74 bits per heavy atom. The molecular weight excluding hydrogens is 327 g/mol. The number of hydrogen-bond acceptors (Lipinski definition) is 4. The summed E-state index contributed by atoms with van der Waals surface area (Å²) in [7, 11) is -3.02. The number of thioether (sulfide) groups is 1. The van der Waals surface area contributed by atoms with Crippen LogP contribution in [0.25, 0.3) is 0 Å². The molecule has 1 aromatic rings. The molecular formula is C11H10Cl2N2O2S2. The molecule has 0 saturated carbocycles. The van der Waals surface area contributed by atoms with Crippen LogP contribution in [0.1, 0.15) is 0 Å². The van der Waals surface area contributed by atoms with E-state index in [0.717, 1.165) is 0 Å². The second-order valence-corrected chi connectivity index (χ2v) is 8.80. The Hall–Kier alpha value is -0.430. The number of anilines is 1. The third-order valence-corrected chi connectivity index (χ3v) is 6.92. The monoisotopic (exact) mass is 336 g/mol. The maximum absolute atomic E-state index is 11.7. The molecule has 2 aliphatic heterocycles. The SMILES string of the molecule is N=C1S[C@H]2CS(=O)(=O)C[C@H]2N1c1ccc(Cl)cc1Cl. The highest BCUT2D eigenvalue weighted by Crippen LogP contribution is 2.42. The van der Waals surface area contributed by atoms with Crippen LogP contribution >= 0.6 is 35.0 Å². The van der Waals surface area contributed by atoms with Gasteiger partial charge in [-0.05, 0) is 18.2 Å². The van der Waals surface area contributed by atoms with Gasteiger partial charge in [-0.3, -0.25) is 5.41 Å². The van der Waals surface area contributed by atoms with Crippen LogP contribution in [-0.4, -0.2) is 36.4 Å². The zero-order chi connectivity index (χ0) is 13.8. The third kappa shape index (κ3) is 2.35. The largest absolute Gasteiger partial charge is 0.315 e. The molecule has 0 bridgehead atoms. The Bertz CT molecular complexity index is 663. The average molecular weight is 337 g/mol. The van der Waals surface area contributed by atoms with E-state index in [1.807, 2.05) is 0 Å². The molecule has 2 atom stereocenters. The van der Waals surface area contributed by atoms with E-state index in [0.29, 0.717) is 20.9 Å². The number of hydrogen-bond donors (Lipinski definition) is 1. The standard InChI is InChI=1S/C11H10Cl2N2O2S2/c12-6-1-2-8(7(13)3-6)15-9-4-19(16,17)5-10(9)18-11(15)14/h1-3,9-10,14H,4-5H2/t9-,10+/m1/s1. The highest BCUT2D eigenvalue weighted by molar-refractivity contribution is 8.15. The molecule has 2 aliphatic rings. The minimum atomic E-state index is -3.02. The van der Waals surface area contributed by atoms with Gasteiger partial charge in [0.1, 0.15) is 0 Å². The molecule has 2 saturated heterocycles. The van der Waals surface area contributed by atoms with Crippen LogP contribution in [0.3, 0.4) is 0 Å². The molecule has 8 heteroatoms. The summed E-state index contributed by atoms with van der Waals surface area (Å²) >= 11 is 13.3. The number of amidine groups is 1. The van der Waals surface area contributed by atoms with Gasteiger partial charge in [0.05, 0.1) is 28.3 Å². The van der Waals surface area contributed by atoms with Gasteiger partial charge in [-0.15, -0.1) is 0 Å². The van der Waals surface area contributed by atoms with Gasteiger partial charge in [0.2, 0.25) is 0 Å². The topological polar surface area (TPSA) is 61.2 Å². The average Bonchev–Trinajstić information content (AvgIpc) is 2.70. The van der Waals surface area contributed by atoms with E-state index < -0.39 is 9.84 Å². The first-order chi connectivity index (χ1) is 8.87. The summed E-state index contributed by atoms with van der Waals surface area (Å²) in [4.78, 5) is 1.71. The van der Waals surface area contributed by atoms with Gasteiger partial charge in [0.25, 0.3) is 0 Å². The minimum absolute atomic E-state index is 0.0754. The van der Waals surface area contributed by atoms with E-state index in [9.17, 15) is 8.42 Å². The number of rotatable bonds is 1. The normalized spacial score (nSPS) is 28.7. The number of sulfone groups is 1. The predicted octanol–water partition coefficient (Wildman–Crippen LogP) is 2.65. The van der Waals surface area contributed by atoms with Gasteiger partial charge in [-0.2, -0.15) is 0 Å². The van der Waals surface area contributed by atoms with Crippen molar-refractivity contribution in [3.8, 4) is 0 Å². The first-order valence-corrected chi connectivity index (χ1v) is 9.03. The molecule has 0 radical (unpaired) electrons. The van der Waals surface area contributed by atoms with Crippen LogP contribution in [0.15, 0.2) is 18.2 Å². The minimum Gasteiger partial charge on any atom is -0.315 e. The highest BCUT2D eigenvalue weighted by Gasteiger charge is 2.49. The summed E-state index contributed by atoms with van der Waals surface area (Å²) in [6.45, 7) is 0. The lowest BCUT2D eigenvalue weighted by atomic mass is 10.2. The molecule has 2 fully saturated rings. The van der Waals surface area contributed by atoms with Crippen molar-refractivity contribution in [3.05, 3.63) is 28.2 Å². The van der Waals surface area contributed by atoms with Gasteiger partial charge < -0.3 is 4.90 Å². The van der Waals surface area contributed by atoms with Crippen LogP contribution in [-0.2, 0) is 9.84 Å². The van der Waals surface area contributed by atoms with Gasteiger partial charge in [-0.1, -0.05) is 35.0 Å². The number of fused-ring (bicyclic) bond motifs is 1. The van der Waals surface area contributed by atoms with Crippen molar-refractivity contribution in [1.29, 1.82) is 5.41 Å². The summed E-state index contributed by atoms with van der Waals surface area (Å²) in [6.07, 6.45) is 0. The lowest BCUT2D eigenvalue weighted by molar-refractivity contribution is 0.601. The quantitative estimate of drug-likeness (QED) is 0.856. The fourth-order valence-electron chi connectivity index (χ4n) is 2.47. The van der Waals surface area contributed by atoms with E-state index in [1.54, 1.807) is 23.1 Å². The molecule has 1 N–H and O–H groups in total. The smallest absolute Gasteiger partial charge is 0.161 e. The van der Waals surface area contributed by atoms with Crippen molar-refractivity contribution < 1.29 is 8.42 Å². The van der Waals surface area contributed by atoms with Crippen LogP contribution in [0, 0.1) is 5.41 Å². The molecule has 0 aromatic heterocycles. The molecule has 1 aromatic carbocycles. The van der Waals surface area contributed by atoms with Crippen molar-refractivity contribution in [1.82, 2.24) is 0 Å². The predicted molar refractivity (Wildman–Crippen MR) is 80.5 cm³/mol. The summed E-state index contributed by atoms with van der Waals surface area (Å²) in [5, 5.41) is 9.24. The van der Waals surface area contributed by atoms with Gasteiger partial charge in [-0.25, -0.2) is 8.42 Å². The Morgan fingerprint density at radius 2 is 2.05 bits per heavy atom. The maximum atomic E-state index is 11.7. The Labute approximate surface area is 125 Å². The summed E-state index contributed by atoms with van der Waals surface area (Å²) in [5.74, 6) is 0.207. The first kappa shape index (κ1) is 13.5. The third-order valence-electron chi connectivity index (χ3n) is 3.25. The van der Waals surface area contributed by atoms with Crippen LogP contribution in [0.2, 0.25) is 10.0 Å². The van der Waals surface area contributed by atoms with Crippen LogP contribution in [0.4, 0.5) is 5.69 Å². The summed E-state index contributed by atoms with van der Waals surface area (Å²) in [5.41, 5.74) is 0.646. The number of nitrogens with one attached hydrogen (secondary N) is 1. The van der Waals surface area contributed by atoms with E-state index >= 15 is 0 Å². The maximum Gasteiger partial charge on any atom is 0.161 e. The van der Waals surface area contributed by atoms with E-state index in [4.69, 9.17) is 28.6 Å². The van der Waals surface area contributed by atoms with Crippen molar-refractivity contribution >= 4 is 55.7 Å². The summed E-state index contributed by atoms with van der Waals surface area (Å²) in [6, 6.07) is 4.82. The molecule has 0 amide bonds. The van der Waals surface area contributed by atoms with Crippen molar-refractivity contribution in [2.45, 2.75) is 11.3 Å². The van der Waals surface area contributed by atoms with Crippen molar-refractivity contribution in [2.75, 3.05) is 16.4 Å². The molecule has 19 heavy (non-hydrogen) atoms. The molecule has 2 heterocycles. The second kappa shape index (κ2) is 4.55. The zero-order valence-electron chi connectivity index (χ0n) is 9.64. The number of benzene rings is 1. The molecule has 3 rings (SSSR count). The number of halogens is 2. The van der Waals surface area contributed by atoms with Gasteiger partial charge >= 0.3 is 0 Å². The molecule has 0 spiro atoms.